The Morgan fingerprint density at radius 3 is 2.61 bits per heavy atom. The van der Waals surface area contributed by atoms with Gasteiger partial charge in [-0.05, 0) is 36.4 Å². The second kappa shape index (κ2) is 8.62. The first-order valence-corrected chi connectivity index (χ1v) is 9.37. The maximum absolute atomic E-state index is 13.5. The third-order valence-electron chi connectivity index (χ3n) is 4.57. The van der Waals surface area contributed by atoms with Crippen LogP contribution in [0, 0.1) is 15.9 Å². The van der Waals surface area contributed by atoms with Crippen molar-refractivity contribution in [3.05, 3.63) is 94.6 Å². The van der Waals surface area contributed by atoms with Gasteiger partial charge in [-0.2, -0.15) is 4.39 Å². The molecule has 31 heavy (non-hydrogen) atoms. The van der Waals surface area contributed by atoms with Crippen LogP contribution >= 0.6 is 0 Å². The first-order valence-electron chi connectivity index (χ1n) is 9.37. The summed E-state index contributed by atoms with van der Waals surface area (Å²) >= 11 is 0. The monoisotopic (exact) mass is 420 g/mol. The van der Waals surface area contributed by atoms with Crippen LogP contribution in [0.15, 0.2) is 72.8 Å². The van der Waals surface area contributed by atoms with Crippen molar-refractivity contribution in [2.24, 2.45) is 0 Å². The maximum Gasteiger partial charge on any atom is 0.306 e. The van der Waals surface area contributed by atoms with E-state index in [0.29, 0.717) is 17.1 Å². The normalized spacial score (nSPS) is 10.7. The van der Waals surface area contributed by atoms with E-state index < -0.39 is 22.3 Å². The number of anilines is 1. The molecule has 0 aliphatic carbocycles. The SMILES string of the molecule is O=C(Cn1c(COc2ccccc2)nc2ccccc21)Nc1ccc(F)c([N+](=O)[O-])c1. The number of nitrogens with one attached hydrogen (secondary N) is 1. The quantitative estimate of drug-likeness (QED) is 0.355. The number of hydrogen-bond donors (Lipinski definition) is 1. The van der Waals surface area contributed by atoms with Gasteiger partial charge in [0.25, 0.3) is 0 Å². The summed E-state index contributed by atoms with van der Waals surface area (Å²) in [6.45, 7) is 0.0488. The van der Waals surface area contributed by atoms with Gasteiger partial charge < -0.3 is 14.6 Å². The number of hydrogen-bond acceptors (Lipinski definition) is 5. The Morgan fingerprint density at radius 2 is 1.84 bits per heavy atom. The summed E-state index contributed by atoms with van der Waals surface area (Å²) in [5.74, 6) is -0.191. The fourth-order valence-corrected chi connectivity index (χ4v) is 3.15. The summed E-state index contributed by atoms with van der Waals surface area (Å²) in [6, 6.07) is 19.8. The number of carbonyl (C=O) groups excluding carboxylic acids is 1. The molecule has 8 nitrogen and oxygen atoms in total. The number of nitro groups is 1. The van der Waals surface area contributed by atoms with Crippen LogP contribution in [0.4, 0.5) is 15.8 Å². The van der Waals surface area contributed by atoms with E-state index in [1.165, 1.54) is 6.07 Å². The zero-order valence-corrected chi connectivity index (χ0v) is 16.2. The van der Waals surface area contributed by atoms with E-state index in [1.807, 2.05) is 54.6 Å². The lowest BCUT2D eigenvalue weighted by Gasteiger charge is -2.11. The van der Waals surface area contributed by atoms with Gasteiger partial charge in [-0.3, -0.25) is 14.9 Å². The molecule has 0 fully saturated rings. The lowest BCUT2D eigenvalue weighted by atomic mass is 10.2. The number of rotatable bonds is 7. The van der Waals surface area contributed by atoms with Crippen molar-refractivity contribution in [2.75, 3.05) is 5.32 Å². The van der Waals surface area contributed by atoms with E-state index in [9.17, 15) is 19.3 Å². The van der Waals surface area contributed by atoms with Crippen LogP contribution in [0.5, 0.6) is 5.75 Å². The number of amides is 1. The topological polar surface area (TPSA) is 99.3 Å². The summed E-state index contributed by atoms with van der Waals surface area (Å²) in [5, 5.41) is 13.5. The van der Waals surface area contributed by atoms with Gasteiger partial charge in [-0.15, -0.1) is 0 Å². The van der Waals surface area contributed by atoms with Gasteiger partial charge in [0.15, 0.2) is 0 Å². The first kappa shape index (κ1) is 20.0. The number of benzene rings is 3. The molecule has 1 amide bonds. The lowest BCUT2D eigenvalue weighted by Crippen LogP contribution is -2.21. The molecule has 156 valence electrons. The van der Waals surface area contributed by atoms with E-state index in [4.69, 9.17) is 4.74 Å². The molecule has 0 unspecified atom stereocenters. The molecule has 1 aromatic heterocycles. The standard InChI is InChI=1S/C22H17FN4O4/c23-17-11-10-15(12-20(17)27(29)30)24-22(28)13-26-19-9-5-4-8-18(19)25-21(26)14-31-16-6-2-1-3-7-16/h1-12H,13-14H2,(H,24,28). The number of nitro benzene ring substituents is 1. The van der Waals surface area contributed by atoms with Gasteiger partial charge in [-0.1, -0.05) is 30.3 Å². The summed E-state index contributed by atoms with van der Waals surface area (Å²) in [5.41, 5.74) is 0.876. The number of imidazole rings is 1. The first-order chi connectivity index (χ1) is 15.0. The van der Waals surface area contributed by atoms with Crippen LogP contribution in [-0.2, 0) is 17.9 Å². The predicted octanol–water partition coefficient (Wildman–Crippen LogP) is 4.30. The Morgan fingerprint density at radius 1 is 1.10 bits per heavy atom. The molecule has 3 aromatic carbocycles. The van der Waals surface area contributed by atoms with Gasteiger partial charge in [0.1, 0.15) is 24.7 Å². The molecular formula is C22H17FN4O4. The van der Waals surface area contributed by atoms with Gasteiger partial charge >= 0.3 is 5.69 Å². The molecule has 0 atom stereocenters. The number of para-hydroxylation sites is 3. The van der Waals surface area contributed by atoms with Crippen molar-refractivity contribution >= 4 is 28.3 Å². The molecule has 4 aromatic rings. The van der Waals surface area contributed by atoms with Crippen molar-refractivity contribution in [1.29, 1.82) is 0 Å². The Labute approximate surface area is 176 Å². The molecule has 0 spiro atoms. The van der Waals surface area contributed by atoms with Crippen LogP contribution in [-0.4, -0.2) is 20.4 Å². The minimum absolute atomic E-state index is 0.0980. The fourth-order valence-electron chi connectivity index (χ4n) is 3.15. The summed E-state index contributed by atoms with van der Waals surface area (Å²) in [6.07, 6.45) is 0. The third kappa shape index (κ3) is 4.50. The van der Waals surface area contributed by atoms with E-state index in [0.717, 1.165) is 17.6 Å². The molecule has 0 radical (unpaired) electrons. The third-order valence-corrected chi connectivity index (χ3v) is 4.57. The van der Waals surface area contributed by atoms with Crippen molar-refractivity contribution < 1.29 is 18.8 Å². The predicted molar refractivity (Wildman–Crippen MR) is 112 cm³/mol. The summed E-state index contributed by atoms with van der Waals surface area (Å²) in [4.78, 5) is 27.3. The van der Waals surface area contributed by atoms with Crippen LogP contribution in [0.25, 0.3) is 11.0 Å². The van der Waals surface area contributed by atoms with Crippen molar-refractivity contribution in [3.63, 3.8) is 0 Å². The highest BCUT2D eigenvalue weighted by molar-refractivity contribution is 5.92. The van der Waals surface area contributed by atoms with Gasteiger partial charge in [-0.25, -0.2) is 4.98 Å². The fraction of sp³-hybridized carbons (Fsp3) is 0.0909. The minimum Gasteiger partial charge on any atom is -0.486 e. The smallest absolute Gasteiger partial charge is 0.306 e. The summed E-state index contributed by atoms with van der Waals surface area (Å²) in [7, 11) is 0. The average Bonchev–Trinajstić information content (AvgIpc) is 3.11. The van der Waals surface area contributed by atoms with Crippen LogP contribution in [0.1, 0.15) is 5.82 Å². The molecule has 1 N–H and O–H groups in total. The Hall–Kier alpha value is -4.27. The van der Waals surface area contributed by atoms with Crippen LogP contribution < -0.4 is 10.1 Å². The molecule has 0 saturated carbocycles. The number of carbonyl (C=O) groups is 1. The van der Waals surface area contributed by atoms with Crippen molar-refractivity contribution in [1.82, 2.24) is 9.55 Å². The molecule has 9 heteroatoms. The minimum atomic E-state index is -0.969. The lowest BCUT2D eigenvalue weighted by molar-refractivity contribution is -0.387. The van der Waals surface area contributed by atoms with Gasteiger partial charge in [0.05, 0.1) is 16.0 Å². The molecule has 0 saturated heterocycles. The average molecular weight is 420 g/mol. The Kier molecular flexibility index (Phi) is 5.57. The van der Waals surface area contributed by atoms with Gasteiger partial charge in [0.2, 0.25) is 11.7 Å². The van der Waals surface area contributed by atoms with Crippen LogP contribution in [0.2, 0.25) is 0 Å². The largest absolute Gasteiger partial charge is 0.486 e. The second-order valence-electron chi connectivity index (χ2n) is 6.68. The zero-order chi connectivity index (χ0) is 21.8. The molecule has 4 rings (SSSR count). The number of aromatic nitrogens is 2. The highest BCUT2D eigenvalue weighted by Crippen LogP contribution is 2.22. The molecule has 0 bridgehead atoms. The van der Waals surface area contributed by atoms with Gasteiger partial charge in [0, 0.05) is 11.8 Å². The molecule has 1 heterocycles. The van der Waals surface area contributed by atoms with E-state index in [1.54, 1.807) is 4.57 Å². The highest BCUT2D eigenvalue weighted by Gasteiger charge is 2.17. The van der Waals surface area contributed by atoms with Crippen LogP contribution in [0.3, 0.4) is 0 Å². The zero-order valence-electron chi connectivity index (χ0n) is 16.2. The van der Waals surface area contributed by atoms with E-state index in [2.05, 4.69) is 10.3 Å². The van der Waals surface area contributed by atoms with Crippen molar-refractivity contribution in [2.45, 2.75) is 13.2 Å². The Bertz CT molecular complexity index is 1260. The Balaban J connectivity index is 1.56. The van der Waals surface area contributed by atoms with E-state index >= 15 is 0 Å². The number of halogens is 1. The molecular weight excluding hydrogens is 403 g/mol. The molecule has 0 aliphatic rings. The number of ether oxygens (including phenoxy) is 1. The molecule has 0 aliphatic heterocycles. The summed E-state index contributed by atoms with van der Waals surface area (Å²) < 4.78 is 21.0. The second-order valence-corrected chi connectivity index (χ2v) is 6.68. The maximum atomic E-state index is 13.5. The highest BCUT2D eigenvalue weighted by atomic mass is 19.1. The van der Waals surface area contributed by atoms with Crippen molar-refractivity contribution in [3.8, 4) is 5.75 Å². The number of nitrogens with zero attached hydrogens (tertiary/aromatic N) is 3. The van der Waals surface area contributed by atoms with E-state index in [-0.39, 0.29) is 18.8 Å². The number of fused-ring (bicyclic) bond motifs is 1.